The van der Waals surface area contributed by atoms with Gasteiger partial charge in [0.15, 0.2) is 0 Å². The average molecular weight is 361 g/mol. The Morgan fingerprint density at radius 1 is 1.31 bits per heavy atom. The molecule has 3 heterocycles. The van der Waals surface area contributed by atoms with Crippen LogP contribution in [0.3, 0.4) is 0 Å². The smallest absolute Gasteiger partial charge is 0.314 e. The fourth-order valence-corrected chi connectivity index (χ4v) is 4.26. The molecular weight excluding hydrogens is 328 g/mol. The topological polar surface area (TPSA) is 58.6 Å². The standard InChI is InChI=1S/C20H32N4O2/c1-5-26-19(25)20(15(2)3)8-10-24(13-20)18-11-17(21-14-22-18)23-9-6-7-16(4)12-23/h11,14-16H,5-10,12-13H2,1-4H3. The van der Waals surface area contributed by atoms with Crippen molar-refractivity contribution in [2.45, 2.75) is 47.0 Å². The number of hydrogen-bond acceptors (Lipinski definition) is 6. The summed E-state index contributed by atoms with van der Waals surface area (Å²) in [5, 5.41) is 0. The number of carbonyl (C=O) groups excluding carboxylic acids is 1. The molecule has 2 fully saturated rings. The molecule has 6 nitrogen and oxygen atoms in total. The maximum Gasteiger partial charge on any atom is 0.314 e. The lowest BCUT2D eigenvalue weighted by Crippen LogP contribution is -2.41. The van der Waals surface area contributed by atoms with Crippen LogP contribution in [0.15, 0.2) is 12.4 Å². The van der Waals surface area contributed by atoms with Gasteiger partial charge in [0.1, 0.15) is 18.0 Å². The summed E-state index contributed by atoms with van der Waals surface area (Å²) in [6, 6.07) is 2.08. The Balaban J connectivity index is 1.78. The Morgan fingerprint density at radius 3 is 2.69 bits per heavy atom. The highest BCUT2D eigenvalue weighted by molar-refractivity contribution is 5.79. The van der Waals surface area contributed by atoms with E-state index in [1.807, 2.05) is 6.92 Å². The molecule has 144 valence electrons. The predicted octanol–water partition coefficient (Wildman–Crippen LogP) is 3.13. The Hall–Kier alpha value is -1.85. The second-order valence-corrected chi connectivity index (χ2v) is 8.13. The van der Waals surface area contributed by atoms with Crippen LogP contribution < -0.4 is 9.80 Å². The Labute approximate surface area is 156 Å². The molecule has 1 aromatic heterocycles. The van der Waals surface area contributed by atoms with Crippen LogP contribution in [-0.4, -0.2) is 48.7 Å². The fourth-order valence-electron chi connectivity index (χ4n) is 4.26. The number of hydrogen-bond donors (Lipinski definition) is 0. The van der Waals surface area contributed by atoms with E-state index in [0.717, 1.165) is 37.7 Å². The van der Waals surface area contributed by atoms with E-state index in [9.17, 15) is 4.79 Å². The molecule has 26 heavy (non-hydrogen) atoms. The van der Waals surface area contributed by atoms with E-state index in [4.69, 9.17) is 4.74 Å². The van der Waals surface area contributed by atoms with Crippen molar-refractivity contribution in [2.24, 2.45) is 17.3 Å². The quantitative estimate of drug-likeness (QED) is 0.752. The average Bonchev–Trinajstić information content (AvgIpc) is 3.09. The third kappa shape index (κ3) is 3.64. The zero-order valence-electron chi connectivity index (χ0n) is 16.6. The molecule has 0 N–H and O–H groups in total. The summed E-state index contributed by atoms with van der Waals surface area (Å²) >= 11 is 0. The van der Waals surface area contributed by atoms with E-state index in [0.29, 0.717) is 19.1 Å². The van der Waals surface area contributed by atoms with Crippen molar-refractivity contribution < 1.29 is 9.53 Å². The molecule has 2 unspecified atom stereocenters. The second-order valence-electron chi connectivity index (χ2n) is 8.13. The van der Waals surface area contributed by atoms with E-state index < -0.39 is 5.41 Å². The van der Waals surface area contributed by atoms with Gasteiger partial charge in [-0.1, -0.05) is 20.8 Å². The van der Waals surface area contributed by atoms with Gasteiger partial charge in [-0.05, 0) is 38.0 Å². The molecular formula is C20H32N4O2. The van der Waals surface area contributed by atoms with Gasteiger partial charge in [-0.15, -0.1) is 0 Å². The largest absolute Gasteiger partial charge is 0.466 e. The van der Waals surface area contributed by atoms with Crippen molar-refractivity contribution in [1.29, 1.82) is 0 Å². The van der Waals surface area contributed by atoms with E-state index in [1.165, 1.54) is 12.8 Å². The minimum atomic E-state index is -0.444. The highest BCUT2D eigenvalue weighted by Crippen LogP contribution is 2.40. The maximum atomic E-state index is 12.6. The summed E-state index contributed by atoms with van der Waals surface area (Å²) < 4.78 is 5.40. The van der Waals surface area contributed by atoms with Crippen molar-refractivity contribution >= 4 is 17.6 Å². The molecule has 2 aliphatic heterocycles. The molecule has 0 aliphatic carbocycles. The van der Waals surface area contributed by atoms with Gasteiger partial charge in [0, 0.05) is 32.2 Å². The Bertz CT molecular complexity index is 636. The van der Waals surface area contributed by atoms with Crippen molar-refractivity contribution in [1.82, 2.24) is 9.97 Å². The molecule has 0 spiro atoms. The summed E-state index contributed by atoms with van der Waals surface area (Å²) in [5.41, 5.74) is -0.444. The second kappa shape index (κ2) is 7.80. The van der Waals surface area contributed by atoms with Gasteiger partial charge in [0.05, 0.1) is 12.0 Å². The number of piperidine rings is 1. The van der Waals surface area contributed by atoms with E-state index in [2.05, 4.69) is 46.6 Å². The molecule has 2 aliphatic rings. The zero-order valence-corrected chi connectivity index (χ0v) is 16.6. The van der Waals surface area contributed by atoms with Crippen molar-refractivity contribution in [2.75, 3.05) is 42.6 Å². The number of esters is 1. The van der Waals surface area contributed by atoms with Crippen molar-refractivity contribution in [3.63, 3.8) is 0 Å². The first-order chi connectivity index (χ1) is 12.5. The van der Waals surface area contributed by atoms with Crippen LogP contribution in [0.4, 0.5) is 11.6 Å². The summed E-state index contributed by atoms with van der Waals surface area (Å²) in [6.45, 7) is 12.4. The van der Waals surface area contributed by atoms with Crippen molar-refractivity contribution in [3.8, 4) is 0 Å². The van der Waals surface area contributed by atoms with Crippen LogP contribution in [0.2, 0.25) is 0 Å². The minimum absolute atomic E-state index is 0.0726. The highest BCUT2D eigenvalue weighted by Gasteiger charge is 2.48. The predicted molar refractivity (Wildman–Crippen MR) is 103 cm³/mol. The normalized spacial score (nSPS) is 26.4. The lowest BCUT2D eigenvalue weighted by atomic mass is 9.76. The number of rotatable bonds is 5. The van der Waals surface area contributed by atoms with Crippen molar-refractivity contribution in [3.05, 3.63) is 12.4 Å². The Morgan fingerprint density at radius 2 is 2.04 bits per heavy atom. The van der Waals surface area contributed by atoms with Gasteiger partial charge >= 0.3 is 5.97 Å². The van der Waals surface area contributed by atoms with Crippen LogP contribution in [-0.2, 0) is 9.53 Å². The molecule has 0 saturated carbocycles. The molecule has 3 rings (SSSR count). The lowest BCUT2D eigenvalue weighted by Gasteiger charge is -2.33. The number of carbonyl (C=O) groups is 1. The first-order valence-corrected chi connectivity index (χ1v) is 9.95. The van der Waals surface area contributed by atoms with Crippen LogP contribution in [0.5, 0.6) is 0 Å². The summed E-state index contributed by atoms with van der Waals surface area (Å²) in [7, 11) is 0. The lowest BCUT2D eigenvalue weighted by molar-refractivity contribution is -0.156. The van der Waals surface area contributed by atoms with E-state index in [1.54, 1.807) is 6.33 Å². The number of ether oxygens (including phenoxy) is 1. The minimum Gasteiger partial charge on any atom is -0.466 e. The molecule has 0 bridgehead atoms. The molecule has 1 aromatic rings. The van der Waals surface area contributed by atoms with Gasteiger partial charge < -0.3 is 14.5 Å². The monoisotopic (exact) mass is 360 g/mol. The summed E-state index contributed by atoms with van der Waals surface area (Å²) in [6.07, 6.45) is 4.97. The summed E-state index contributed by atoms with van der Waals surface area (Å²) in [5.74, 6) is 2.78. The maximum absolute atomic E-state index is 12.6. The molecule has 6 heteroatoms. The third-order valence-electron chi connectivity index (χ3n) is 6.03. The number of anilines is 2. The molecule has 0 aromatic carbocycles. The van der Waals surface area contributed by atoms with Gasteiger partial charge in [-0.3, -0.25) is 4.79 Å². The van der Waals surface area contributed by atoms with Crippen LogP contribution >= 0.6 is 0 Å². The van der Waals surface area contributed by atoms with Gasteiger partial charge in [-0.25, -0.2) is 9.97 Å². The van der Waals surface area contributed by atoms with Crippen LogP contribution in [0, 0.1) is 17.3 Å². The van der Waals surface area contributed by atoms with Gasteiger partial charge in [0.2, 0.25) is 0 Å². The molecule has 0 radical (unpaired) electrons. The first kappa shape index (κ1) is 18.9. The van der Waals surface area contributed by atoms with Crippen LogP contribution in [0.25, 0.3) is 0 Å². The molecule has 0 amide bonds. The van der Waals surface area contributed by atoms with E-state index >= 15 is 0 Å². The Kier molecular flexibility index (Phi) is 5.68. The van der Waals surface area contributed by atoms with Gasteiger partial charge in [-0.2, -0.15) is 0 Å². The van der Waals surface area contributed by atoms with Crippen LogP contribution in [0.1, 0.15) is 47.0 Å². The zero-order chi connectivity index (χ0) is 18.7. The SMILES string of the molecule is CCOC(=O)C1(C(C)C)CCN(c2cc(N3CCCC(C)C3)ncn2)C1. The van der Waals surface area contributed by atoms with E-state index in [-0.39, 0.29) is 11.9 Å². The summed E-state index contributed by atoms with van der Waals surface area (Å²) in [4.78, 5) is 26.2. The fraction of sp³-hybridized carbons (Fsp3) is 0.750. The molecule has 2 saturated heterocycles. The number of aromatic nitrogens is 2. The third-order valence-corrected chi connectivity index (χ3v) is 6.03. The van der Waals surface area contributed by atoms with Gasteiger partial charge in [0.25, 0.3) is 0 Å². The highest BCUT2D eigenvalue weighted by atomic mass is 16.5. The number of nitrogens with zero attached hydrogens (tertiary/aromatic N) is 4. The first-order valence-electron chi connectivity index (χ1n) is 9.95. The molecule has 2 atom stereocenters.